The van der Waals surface area contributed by atoms with E-state index in [1.807, 2.05) is 6.92 Å². The van der Waals surface area contributed by atoms with Crippen molar-refractivity contribution in [1.82, 2.24) is 9.29 Å². The normalized spacial score (nSPS) is 12.0. The largest absolute Gasteiger partial charge is 0.248 e. The molecule has 4 nitrogen and oxygen atoms in total. The highest BCUT2D eigenvalue weighted by molar-refractivity contribution is 7.89. The number of halogens is 1. The Morgan fingerprint density at radius 2 is 2.05 bits per heavy atom. The van der Waals surface area contributed by atoms with Crippen LogP contribution in [-0.2, 0) is 23.0 Å². The van der Waals surface area contributed by atoms with Crippen molar-refractivity contribution < 1.29 is 8.42 Å². The molecule has 0 aliphatic rings. The number of hydrogen-bond donors (Lipinski definition) is 0. The third-order valence-corrected chi connectivity index (χ3v) is 6.26. The fraction of sp³-hybridized carbons (Fsp3) is 0.308. The summed E-state index contributed by atoms with van der Waals surface area (Å²) in [6.07, 6.45) is 2.69. The molecule has 0 amide bonds. The molecule has 0 saturated carbocycles. The summed E-state index contributed by atoms with van der Waals surface area (Å²) in [5.41, 5.74) is 0. The molecule has 0 spiro atoms. The van der Waals surface area contributed by atoms with Gasteiger partial charge in [-0.05, 0) is 18.6 Å². The van der Waals surface area contributed by atoms with E-state index in [0.717, 1.165) is 16.3 Å². The van der Waals surface area contributed by atoms with Gasteiger partial charge in [-0.15, -0.1) is 11.3 Å². The van der Waals surface area contributed by atoms with Gasteiger partial charge in [-0.3, -0.25) is 0 Å². The van der Waals surface area contributed by atoms with Gasteiger partial charge in [0.1, 0.15) is 9.90 Å². The number of rotatable bonds is 5. The molecule has 2 rings (SSSR count). The topological polar surface area (TPSA) is 50.3 Å². The van der Waals surface area contributed by atoms with E-state index < -0.39 is 10.0 Å². The van der Waals surface area contributed by atoms with Crippen molar-refractivity contribution in [3.63, 3.8) is 0 Å². The first-order chi connectivity index (χ1) is 9.45. The molecule has 0 aliphatic heterocycles. The van der Waals surface area contributed by atoms with Crippen LogP contribution in [0.1, 0.15) is 16.8 Å². The fourth-order valence-electron chi connectivity index (χ4n) is 1.68. The Morgan fingerprint density at radius 3 is 2.65 bits per heavy atom. The van der Waals surface area contributed by atoms with Crippen LogP contribution >= 0.6 is 22.9 Å². The van der Waals surface area contributed by atoms with Crippen molar-refractivity contribution >= 4 is 33.0 Å². The zero-order valence-corrected chi connectivity index (χ0v) is 13.6. The van der Waals surface area contributed by atoms with Gasteiger partial charge in [0.25, 0.3) is 0 Å². The summed E-state index contributed by atoms with van der Waals surface area (Å²) in [4.78, 5) is 5.50. The number of aryl methyl sites for hydroxylation is 1. The molecule has 0 fully saturated rings. The molecule has 0 radical (unpaired) electrons. The van der Waals surface area contributed by atoms with Crippen molar-refractivity contribution in [2.24, 2.45) is 0 Å². The maximum atomic E-state index is 12.5. The van der Waals surface area contributed by atoms with Gasteiger partial charge in [-0.1, -0.05) is 30.7 Å². The van der Waals surface area contributed by atoms with E-state index in [2.05, 4.69) is 4.98 Å². The summed E-state index contributed by atoms with van der Waals surface area (Å²) in [6, 6.07) is 6.44. The highest BCUT2D eigenvalue weighted by Gasteiger charge is 2.24. The smallest absolute Gasteiger partial charge is 0.244 e. The van der Waals surface area contributed by atoms with Gasteiger partial charge in [0.15, 0.2) is 0 Å². The van der Waals surface area contributed by atoms with Crippen LogP contribution in [0.25, 0.3) is 0 Å². The molecule has 108 valence electrons. The van der Waals surface area contributed by atoms with Gasteiger partial charge >= 0.3 is 0 Å². The summed E-state index contributed by atoms with van der Waals surface area (Å²) in [7, 11) is -2.06. The molecule has 20 heavy (non-hydrogen) atoms. The van der Waals surface area contributed by atoms with E-state index in [9.17, 15) is 8.42 Å². The van der Waals surface area contributed by atoms with Crippen LogP contribution in [0.4, 0.5) is 0 Å². The van der Waals surface area contributed by atoms with Gasteiger partial charge in [0, 0.05) is 18.1 Å². The molecule has 0 N–H and O–H groups in total. The zero-order valence-electron chi connectivity index (χ0n) is 11.2. The predicted octanol–water partition coefficient (Wildman–Crippen LogP) is 3.18. The molecule has 1 aromatic heterocycles. The Morgan fingerprint density at radius 1 is 1.35 bits per heavy atom. The Kier molecular flexibility index (Phi) is 4.80. The average Bonchev–Trinajstić information content (AvgIpc) is 2.86. The second-order valence-corrected chi connectivity index (χ2v) is 7.89. The first-order valence-corrected chi connectivity index (χ1v) is 8.73. The van der Waals surface area contributed by atoms with E-state index in [1.165, 1.54) is 28.8 Å². The van der Waals surface area contributed by atoms with E-state index in [4.69, 9.17) is 11.6 Å². The van der Waals surface area contributed by atoms with Crippen molar-refractivity contribution in [2.75, 3.05) is 7.05 Å². The Balaban J connectivity index is 2.23. The van der Waals surface area contributed by atoms with E-state index in [-0.39, 0.29) is 16.5 Å². The van der Waals surface area contributed by atoms with Gasteiger partial charge in [-0.2, -0.15) is 4.31 Å². The summed E-state index contributed by atoms with van der Waals surface area (Å²) < 4.78 is 26.2. The van der Waals surface area contributed by atoms with Crippen LogP contribution in [0, 0.1) is 0 Å². The number of thiazole rings is 1. The first-order valence-electron chi connectivity index (χ1n) is 6.09. The van der Waals surface area contributed by atoms with Crippen molar-refractivity contribution in [1.29, 1.82) is 0 Å². The number of sulfonamides is 1. The minimum Gasteiger partial charge on any atom is -0.248 e. The first kappa shape index (κ1) is 15.4. The lowest BCUT2D eigenvalue weighted by Gasteiger charge is -2.16. The predicted molar refractivity (Wildman–Crippen MR) is 81.6 cm³/mol. The Labute approximate surface area is 128 Å². The lowest BCUT2D eigenvalue weighted by atomic mass is 10.4. The molecule has 0 aliphatic carbocycles. The molecule has 1 heterocycles. The highest BCUT2D eigenvalue weighted by Crippen LogP contribution is 2.25. The highest BCUT2D eigenvalue weighted by atomic mass is 35.5. The molecule has 2 aromatic rings. The second kappa shape index (κ2) is 6.22. The maximum absolute atomic E-state index is 12.5. The zero-order chi connectivity index (χ0) is 14.8. The van der Waals surface area contributed by atoms with Crippen LogP contribution < -0.4 is 0 Å². The quantitative estimate of drug-likeness (QED) is 0.846. The standard InChI is InChI=1S/C13H15ClN2O2S2/c1-3-10-8-15-13(19-10)9-16(2)20(17,18)12-7-5-4-6-11(12)14/h4-8H,3,9H2,1-2H3. The maximum Gasteiger partial charge on any atom is 0.244 e. The minimum atomic E-state index is -3.60. The number of aromatic nitrogens is 1. The third kappa shape index (κ3) is 3.20. The molecular formula is C13H15ClN2O2S2. The van der Waals surface area contributed by atoms with Crippen LogP contribution in [-0.4, -0.2) is 24.8 Å². The fourth-order valence-corrected chi connectivity index (χ4v) is 4.30. The minimum absolute atomic E-state index is 0.122. The summed E-state index contributed by atoms with van der Waals surface area (Å²) in [5.74, 6) is 0. The summed E-state index contributed by atoms with van der Waals surface area (Å²) in [5, 5.41) is 1.01. The van der Waals surface area contributed by atoms with Crippen molar-refractivity contribution in [3.8, 4) is 0 Å². The average molecular weight is 331 g/mol. The second-order valence-electron chi connectivity index (χ2n) is 4.27. The molecular weight excluding hydrogens is 316 g/mol. The van der Waals surface area contributed by atoms with Crippen molar-refractivity contribution in [3.05, 3.63) is 45.4 Å². The van der Waals surface area contributed by atoms with Gasteiger partial charge in [-0.25, -0.2) is 13.4 Å². The number of nitrogens with zero attached hydrogens (tertiary/aromatic N) is 2. The monoisotopic (exact) mass is 330 g/mol. The third-order valence-electron chi connectivity index (χ3n) is 2.83. The van der Waals surface area contributed by atoms with Crippen LogP contribution in [0.15, 0.2) is 35.4 Å². The molecule has 0 saturated heterocycles. The summed E-state index contributed by atoms with van der Waals surface area (Å²) >= 11 is 7.49. The molecule has 0 unspecified atom stereocenters. The lowest BCUT2D eigenvalue weighted by molar-refractivity contribution is 0.466. The SMILES string of the molecule is CCc1cnc(CN(C)S(=O)(=O)c2ccccc2Cl)s1. The van der Waals surface area contributed by atoms with Crippen LogP contribution in [0.2, 0.25) is 5.02 Å². The van der Waals surface area contributed by atoms with E-state index in [0.29, 0.717) is 0 Å². The number of benzene rings is 1. The summed E-state index contributed by atoms with van der Waals surface area (Å²) in [6.45, 7) is 2.29. The van der Waals surface area contributed by atoms with Gasteiger partial charge in [0.2, 0.25) is 10.0 Å². The Hall–Kier alpha value is -0.950. The molecule has 1 aromatic carbocycles. The van der Waals surface area contributed by atoms with Gasteiger partial charge in [0.05, 0.1) is 11.6 Å². The molecule has 7 heteroatoms. The molecule has 0 bridgehead atoms. The van der Waals surface area contributed by atoms with E-state index in [1.54, 1.807) is 24.4 Å². The lowest BCUT2D eigenvalue weighted by Crippen LogP contribution is -2.26. The van der Waals surface area contributed by atoms with Crippen LogP contribution in [0.5, 0.6) is 0 Å². The number of hydrogen-bond acceptors (Lipinski definition) is 4. The Bertz CT molecular complexity index is 698. The van der Waals surface area contributed by atoms with E-state index >= 15 is 0 Å². The molecule has 0 atom stereocenters. The van der Waals surface area contributed by atoms with Crippen LogP contribution in [0.3, 0.4) is 0 Å². The van der Waals surface area contributed by atoms with Crippen molar-refractivity contribution in [2.45, 2.75) is 24.8 Å². The van der Waals surface area contributed by atoms with Gasteiger partial charge < -0.3 is 0 Å².